The molecular formula is C8H17O. The summed E-state index contributed by atoms with van der Waals surface area (Å²) < 4.78 is 5.28. The Morgan fingerprint density at radius 3 is 2.33 bits per heavy atom. The summed E-state index contributed by atoms with van der Waals surface area (Å²) in [5.74, 6) is 0.659. The van der Waals surface area contributed by atoms with E-state index in [1.165, 1.54) is 6.42 Å². The van der Waals surface area contributed by atoms with Crippen molar-refractivity contribution in [2.75, 3.05) is 6.61 Å². The maximum absolute atomic E-state index is 5.28. The van der Waals surface area contributed by atoms with Gasteiger partial charge in [0.2, 0.25) is 0 Å². The van der Waals surface area contributed by atoms with E-state index in [0.29, 0.717) is 18.6 Å². The van der Waals surface area contributed by atoms with Gasteiger partial charge in [-0.05, 0) is 19.8 Å². The zero-order chi connectivity index (χ0) is 7.28. The van der Waals surface area contributed by atoms with Crippen LogP contribution in [0.2, 0.25) is 0 Å². The summed E-state index contributed by atoms with van der Waals surface area (Å²) in [7, 11) is 0. The van der Waals surface area contributed by atoms with Gasteiger partial charge in [-0.25, -0.2) is 0 Å². The van der Waals surface area contributed by atoms with Gasteiger partial charge in [-0.1, -0.05) is 20.3 Å². The second-order valence-corrected chi connectivity index (χ2v) is 2.46. The van der Waals surface area contributed by atoms with Crippen molar-refractivity contribution in [1.29, 1.82) is 0 Å². The first-order valence-corrected chi connectivity index (χ1v) is 3.63. The first kappa shape index (κ1) is 8.96. The Bertz CT molecular complexity index is 61.6. The highest BCUT2D eigenvalue weighted by atomic mass is 16.5. The SMILES string of the molecule is [CH2]COC(C)C(C)CC. The second kappa shape index (κ2) is 4.80. The first-order valence-electron chi connectivity index (χ1n) is 3.63. The van der Waals surface area contributed by atoms with Crippen LogP contribution in [0.4, 0.5) is 0 Å². The minimum atomic E-state index is 0.368. The highest BCUT2D eigenvalue weighted by molar-refractivity contribution is 4.58. The van der Waals surface area contributed by atoms with Gasteiger partial charge in [0, 0.05) is 6.61 Å². The van der Waals surface area contributed by atoms with E-state index in [2.05, 4.69) is 27.7 Å². The molecule has 0 aliphatic carbocycles. The summed E-state index contributed by atoms with van der Waals surface area (Å²) >= 11 is 0. The summed E-state index contributed by atoms with van der Waals surface area (Å²) in [5.41, 5.74) is 0. The third-order valence-corrected chi connectivity index (χ3v) is 1.83. The maximum Gasteiger partial charge on any atom is 0.0572 e. The van der Waals surface area contributed by atoms with Crippen LogP contribution in [0.3, 0.4) is 0 Å². The lowest BCUT2D eigenvalue weighted by atomic mass is 10.0. The lowest BCUT2D eigenvalue weighted by Gasteiger charge is -2.17. The van der Waals surface area contributed by atoms with Crippen molar-refractivity contribution in [1.82, 2.24) is 0 Å². The maximum atomic E-state index is 5.28. The zero-order valence-corrected chi connectivity index (χ0v) is 6.68. The number of hydrogen-bond donors (Lipinski definition) is 0. The predicted molar refractivity (Wildman–Crippen MR) is 40.2 cm³/mol. The van der Waals surface area contributed by atoms with Crippen LogP contribution < -0.4 is 0 Å². The van der Waals surface area contributed by atoms with Gasteiger partial charge in [0.25, 0.3) is 0 Å². The molecule has 0 aromatic carbocycles. The normalized spacial score (nSPS) is 17.3. The molecule has 0 aliphatic heterocycles. The largest absolute Gasteiger partial charge is 0.378 e. The fourth-order valence-electron chi connectivity index (χ4n) is 0.682. The third-order valence-electron chi connectivity index (χ3n) is 1.83. The Morgan fingerprint density at radius 2 is 2.00 bits per heavy atom. The molecule has 0 rings (SSSR count). The highest BCUT2D eigenvalue weighted by Gasteiger charge is 2.07. The molecule has 0 aliphatic rings. The number of hydrogen-bond acceptors (Lipinski definition) is 1. The van der Waals surface area contributed by atoms with E-state index < -0.39 is 0 Å². The molecule has 2 atom stereocenters. The van der Waals surface area contributed by atoms with Crippen LogP contribution in [-0.4, -0.2) is 12.7 Å². The molecule has 0 heterocycles. The zero-order valence-electron chi connectivity index (χ0n) is 6.68. The molecule has 1 nitrogen and oxygen atoms in total. The van der Waals surface area contributed by atoms with Crippen LogP contribution in [0.1, 0.15) is 27.2 Å². The lowest BCUT2D eigenvalue weighted by molar-refractivity contribution is 0.0466. The fraction of sp³-hybridized carbons (Fsp3) is 0.875. The molecule has 55 valence electrons. The molecule has 0 saturated heterocycles. The van der Waals surface area contributed by atoms with Crippen molar-refractivity contribution in [2.45, 2.75) is 33.3 Å². The Kier molecular flexibility index (Phi) is 4.78. The topological polar surface area (TPSA) is 9.23 Å². The second-order valence-electron chi connectivity index (χ2n) is 2.46. The molecule has 1 heteroatoms. The standard InChI is InChI=1S/C8H17O/c1-5-7(3)8(4)9-6-2/h7-8H,2,5-6H2,1,3-4H3. The predicted octanol–water partition coefficient (Wildman–Crippen LogP) is 2.27. The lowest BCUT2D eigenvalue weighted by Crippen LogP contribution is -2.16. The van der Waals surface area contributed by atoms with Gasteiger partial charge in [-0.2, -0.15) is 0 Å². The number of ether oxygens (including phenoxy) is 1. The van der Waals surface area contributed by atoms with E-state index in [1.54, 1.807) is 0 Å². The van der Waals surface area contributed by atoms with E-state index in [-0.39, 0.29) is 0 Å². The van der Waals surface area contributed by atoms with E-state index in [9.17, 15) is 0 Å². The van der Waals surface area contributed by atoms with Gasteiger partial charge in [0.1, 0.15) is 0 Å². The molecule has 0 fully saturated rings. The van der Waals surface area contributed by atoms with E-state index in [4.69, 9.17) is 4.74 Å². The summed E-state index contributed by atoms with van der Waals surface area (Å²) in [6.45, 7) is 10.7. The molecule has 1 radical (unpaired) electrons. The van der Waals surface area contributed by atoms with Crippen molar-refractivity contribution in [2.24, 2.45) is 5.92 Å². The van der Waals surface area contributed by atoms with Crippen molar-refractivity contribution in [3.63, 3.8) is 0 Å². The van der Waals surface area contributed by atoms with E-state index in [1.807, 2.05) is 0 Å². The monoisotopic (exact) mass is 129 g/mol. The van der Waals surface area contributed by atoms with Gasteiger partial charge in [-0.3, -0.25) is 0 Å². The molecule has 9 heavy (non-hydrogen) atoms. The molecule has 0 amide bonds. The Balaban J connectivity index is 3.32. The summed E-state index contributed by atoms with van der Waals surface area (Å²) in [4.78, 5) is 0. The van der Waals surface area contributed by atoms with Crippen LogP contribution in [0.15, 0.2) is 0 Å². The Labute approximate surface area is 58.4 Å². The Hall–Kier alpha value is -0.0400. The molecule has 0 bridgehead atoms. The highest BCUT2D eigenvalue weighted by Crippen LogP contribution is 2.09. The molecule has 0 saturated carbocycles. The van der Waals surface area contributed by atoms with Crippen molar-refractivity contribution in [3.05, 3.63) is 6.92 Å². The quantitative estimate of drug-likeness (QED) is 0.565. The van der Waals surface area contributed by atoms with Gasteiger partial charge < -0.3 is 4.74 Å². The van der Waals surface area contributed by atoms with E-state index >= 15 is 0 Å². The number of rotatable bonds is 4. The minimum absolute atomic E-state index is 0.368. The van der Waals surface area contributed by atoms with Crippen molar-refractivity contribution >= 4 is 0 Å². The average Bonchev–Trinajstić information content (AvgIpc) is 1.87. The van der Waals surface area contributed by atoms with Gasteiger partial charge in [0.05, 0.1) is 6.10 Å². The molecule has 0 N–H and O–H groups in total. The smallest absolute Gasteiger partial charge is 0.0572 e. The van der Waals surface area contributed by atoms with Crippen LogP contribution in [0.25, 0.3) is 0 Å². The van der Waals surface area contributed by atoms with Crippen molar-refractivity contribution in [3.8, 4) is 0 Å². The van der Waals surface area contributed by atoms with Gasteiger partial charge >= 0.3 is 0 Å². The molecule has 2 unspecified atom stereocenters. The average molecular weight is 129 g/mol. The molecule has 0 aromatic rings. The van der Waals surface area contributed by atoms with Crippen molar-refractivity contribution < 1.29 is 4.74 Å². The third kappa shape index (κ3) is 3.52. The molecule has 0 spiro atoms. The summed E-state index contributed by atoms with van der Waals surface area (Å²) in [6.07, 6.45) is 1.55. The van der Waals surface area contributed by atoms with Crippen LogP contribution in [0.5, 0.6) is 0 Å². The fourth-order valence-corrected chi connectivity index (χ4v) is 0.682. The minimum Gasteiger partial charge on any atom is -0.378 e. The summed E-state index contributed by atoms with van der Waals surface area (Å²) in [6, 6.07) is 0. The molecule has 0 aromatic heterocycles. The summed E-state index contributed by atoms with van der Waals surface area (Å²) in [5, 5.41) is 0. The van der Waals surface area contributed by atoms with Gasteiger partial charge in [0.15, 0.2) is 0 Å². The van der Waals surface area contributed by atoms with E-state index in [0.717, 1.165) is 0 Å². The van der Waals surface area contributed by atoms with Gasteiger partial charge in [-0.15, -0.1) is 0 Å². The first-order chi connectivity index (χ1) is 4.22. The van der Waals surface area contributed by atoms with Crippen LogP contribution in [-0.2, 0) is 4.74 Å². The van der Waals surface area contributed by atoms with Crippen LogP contribution in [0, 0.1) is 12.8 Å². The Morgan fingerprint density at radius 1 is 1.44 bits per heavy atom. The van der Waals surface area contributed by atoms with Crippen LogP contribution >= 0.6 is 0 Å². The molecular weight excluding hydrogens is 112 g/mol.